The lowest BCUT2D eigenvalue weighted by Gasteiger charge is -2.29. The summed E-state index contributed by atoms with van der Waals surface area (Å²) in [6.45, 7) is 0. The maximum Gasteiger partial charge on any atom is 0.189 e. The number of rotatable bonds is 3. The molecule has 0 radical (unpaired) electrons. The first-order chi connectivity index (χ1) is 10.7. The second kappa shape index (κ2) is 6.05. The Balaban J connectivity index is 1.90. The van der Waals surface area contributed by atoms with Gasteiger partial charge < -0.3 is 15.8 Å². The topological polar surface area (TPSA) is 59.6 Å². The fraction of sp³-hybridized carbons (Fsp3) is 0.235. The zero-order valence-electron chi connectivity index (χ0n) is 12.3. The second-order valence-corrected chi connectivity index (χ2v) is 5.26. The van der Waals surface area contributed by atoms with E-state index in [2.05, 4.69) is 10.3 Å². The minimum Gasteiger partial charge on any atom is -0.496 e. The second-order valence-electron chi connectivity index (χ2n) is 5.26. The molecule has 0 aliphatic carbocycles. The van der Waals surface area contributed by atoms with Crippen LogP contribution in [0.1, 0.15) is 29.6 Å². The molecule has 0 amide bonds. The highest BCUT2D eigenvalue weighted by molar-refractivity contribution is 5.79. The molecule has 2 aromatic carbocycles. The Kier molecular flexibility index (Phi) is 3.96. The van der Waals surface area contributed by atoms with E-state index in [-0.39, 0.29) is 17.9 Å². The van der Waals surface area contributed by atoms with Gasteiger partial charge in [-0.3, -0.25) is 0 Å². The average molecular weight is 299 g/mol. The third-order valence-corrected chi connectivity index (χ3v) is 3.85. The summed E-state index contributed by atoms with van der Waals surface area (Å²) in [5.74, 6) is 0.944. The Morgan fingerprint density at radius 3 is 2.64 bits per heavy atom. The summed E-state index contributed by atoms with van der Waals surface area (Å²) in [5, 5.41) is 3.19. The third kappa shape index (κ3) is 2.88. The Morgan fingerprint density at radius 1 is 1.18 bits per heavy atom. The third-order valence-electron chi connectivity index (χ3n) is 3.85. The van der Waals surface area contributed by atoms with Gasteiger partial charge in [0.1, 0.15) is 11.6 Å². The van der Waals surface area contributed by atoms with E-state index in [0.29, 0.717) is 5.96 Å². The van der Waals surface area contributed by atoms with Crippen molar-refractivity contribution in [3.8, 4) is 5.75 Å². The number of hydrogen-bond acceptors (Lipinski definition) is 4. The van der Waals surface area contributed by atoms with Crippen LogP contribution in [0.5, 0.6) is 5.75 Å². The van der Waals surface area contributed by atoms with Crippen LogP contribution in [0.2, 0.25) is 0 Å². The predicted molar refractivity (Wildman–Crippen MR) is 84.3 cm³/mol. The standard InChI is InChI=1S/C17H18FN3O/c1-22-16-5-3-2-4-13(16)15-10-14(20-17(19)21-15)11-6-8-12(18)9-7-11/h2-9,14-15H,10H2,1H3,(H3,19,20,21). The minimum absolute atomic E-state index is 0.00343. The molecule has 0 saturated heterocycles. The summed E-state index contributed by atoms with van der Waals surface area (Å²) in [4.78, 5) is 4.43. The predicted octanol–water partition coefficient (Wildman–Crippen LogP) is 2.92. The summed E-state index contributed by atoms with van der Waals surface area (Å²) in [6, 6.07) is 14.1. The SMILES string of the molecule is COc1ccccc1C1CC(c2ccc(F)cc2)N=C(N)N1. The summed E-state index contributed by atoms with van der Waals surface area (Å²) in [5.41, 5.74) is 7.92. The van der Waals surface area contributed by atoms with Crippen molar-refractivity contribution in [3.63, 3.8) is 0 Å². The normalized spacial score (nSPS) is 20.9. The molecule has 1 aliphatic heterocycles. The van der Waals surface area contributed by atoms with Crippen molar-refractivity contribution in [2.45, 2.75) is 18.5 Å². The lowest BCUT2D eigenvalue weighted by molar-refractivity contribution is 0.394. The van der Waals surface area contributed by atoms with Crippen LogP contribution in [0.15, 0.2) is 53.5 Å². The zero-order chi connectivity index (χ0) is 15.5. The summed E-state index contributed by atoms with van der Waals surface area (Å²) >= 11 is 0. The van der Waals surface area contributed by atoms with Crippen LogP contribution in [-0.4, -0.2) is 13.1 Å². The molecular weight excluding hydrogens is 281 g/mol. The highest BCUT2D eigenvalue weighted by Crippen LogP contribution is 2.35. The first-order valence-corrected chi connectivity index (χ1v) is 7.15. The molecule has 0 saturated carbocycles. The van der Waals surface area contributed by atoms with Crippen molar-refractivity contribution in [2.75, 3.05) is 7.11 Å². The van der Waals surface area contributed by atoms with Gasteiger partial charge in [-0.1, -0.05) is 30.3 Å². The molecule has 1 aliphatic rings. The summed E-state index contributed by atoms with van der Waals surface area (Å²) in [6.07, 6.45) is 0.729. The molecule has 3 N–H and O–H groups in total. The zero-order valence-corrected chi connectivity index (χ0v) is 12.3. The fourth-order valence-corrected chi connectivity index (χ4v) is 2.77. The van der Waals surface area contributed by atoms with Gasteiger partial charge in [-0.25, -0.2) is 9.38 Å². The number of benzene rings is 2. The quantitative estimate of drug-likeness (QED) is 0.916. The van der Waals surface area contributed by atoms with Gasteiger partial charge in [0.2, 0.25) is 0 Å². The number of ether oxygens (including phenoxy) is 1. The number of nitrogens with two attached hydrogens (primary N) is 1. The minimum atomic E-state index is -0.254. The van der Waals surface area contributed by atoms with E-state index in [0.717, 1.165) is 23.3 Å². The van der Waals surface area contributed by atoms with Crippen molar-refractivity contribution in [1.82, 2.24) is 5.32 Å². The lowest BCUT2D eigenvalue weighted by atomic mass is 9.93. The summed E-state index contributed by atoms with van der Waals surface area (Å²) in [7, 11) is 1.65. The first kappa shape index (κ1) is 14.4. The number of guanidine groups is 1. The number of para-hydroxylation sites is 1. The van der Waals surface area contributed by atoms with Crippen LogP contribution in [0, 0.1) is 5.82 Å². The van der Waals surface area contributed by atoms with Gasteiger partial charge in [-0.2, -0.15) is 0 Å². The Hall–Kier alpha value is -2.56. The number of methoxy groups -OCH3 is 1. The highest BCUT2D eigenvalue weighted by Gasteiger charge is 2.26. The first-order valence-electron chi connectivity index (χ1n) is 7.15. The van der Waals surface area contributed by atoms with Gasteiger partial charge in [0.25, 0.3) is 0 Å². The molecule has 5 heteroatoms. The monoisotopic (exact) mass is 299 g/mol. The van der Waals surface area contributed by atoms with Crippen molar-refractivity contribution in [3.05, 3.63) is 65.5 Å². The van der Waals surface area contributed by atoms with E-state index < -0.39 is 0 Å². The van der Waals surface area contributed by atoms with Crippen LogP contribution in [-0.2, 0) is 0 Å². The maximum absolute atomic E-state index is 13.1. The largest absolute Gasteiger partial charge is 0.496 e. The van der Waals surface area contributed by atoms with E-state index in [1.807, 2.05) is 24.3 Å². The molecule has 4 nitrogen and oxygen atoms in total. The van der Waals surface area contributed by atoms with Gasteiger partial charge >= 0.3 is 0 Å². The number of halogens is 1. The molecule has 0 aromatic heterocycles. The van der Waals surface area contributed by atoms with Crippen molar-refractivity contribution in [2.24, 2.45) is 10.7 Å². The number of nitrogens with zero attached hydrogens (tertiary/aromatic N) is 1. The Labute approximate surface area is 128 Å². The van der Waals surface area contributed by atoms with Crippen molar-refractivity contribution >= 4 is 5.96 Å². The highest BCUT2D eigenvalue weighted by atomic mass is 19.1. The Bertz CT molecular complexity index is 685. The molecule has 0 fully saturated rings. The average Bonchev–Trinajstić information content (AvgIpc) is 2.55. The molecule has 0 spiro atoms. The Morgan fingerprint density at radius 2 is 1.91 bits per heavy atom. The smallest absolute Gasteiger partial charge is 0.189 e. The van der Waals surface area contributed by atoms with E-state index in [9.17, 15) is 4.39 Å². The van der Waals surface area contributed by atoms with Crippen LogP contribution < -0.4 is 15.8 Å². The van der Waals surface area contributed by atoms with E-state index in [1.165, 1.54) is 12.1 Å². The van der Waals surface area contributed by atoms with E-state index in [4.69, 9.17) is 10.5 Å². The molecule has 0 bridgehead atoms. The summed E-state index contributed by atoms with van der Waals surface area (Å²) < 4.78 is 18.5. The maximum atomic E-state index is 13.1. The molecule has 2 atom stereocenters. The van der Waals surface area contributed by atoms with Crippen LogP contribution in [0.4, 0.5) is 4.39 Å². The van der Waals surface area contributed by atoms with Crippen LogP contribution in [0.3, 0.4) is 0 Å². The van der Waals surface area contributed by atoms with Gasteiger partial charge in [0.05, 0.1) is 19.2 Å². The molecule has 2 aromatic rings. The van der Waals surface area contributed by atoms with Crippen molar-refractivity contribution < 1.29 is 9.13 Å². The molecule has 22 heavy (non-hydrogen) atoms. The molecule has 3 rings (SSSR count). The molecule has 1 heterocycles. The van der Waals surface area contributed by atoms with Gasteiger partial charge in [0.15, 0.2) is 5.96 Å². The van der Waals surface area contributed by atoms with Crippen LogP contribution >= 0.6 is 0 Å². The van der Waals surface area contributed by atoms with Gasteiger partial charge in [-0.05, 0) is 30.2 Å². The number of nitrogens with one attached hydrogen (secondary N) is 1. The van der Waals surface area contributed by atoms with Crippen molar-refractivity contribution in [1.29, 1.82) is 0 Å². The van der Waals surface area contributed by atoms with Gasteiger partial charge in [-0.15, -0.1) is 0 Å². The fourth-order valence-electron chi connectivity index (χ4n) is 2.77. The van der Waals surface area contributed by atoms with E-state index in [1.54, 1.807) is 19.2 Å². The molecule has 114 valence electrons. The number of hydrogen-bond donors (Lipinski definition) is 2. The molecular formula is C17H18FN3O. The molecule has 2 unspecified atom stereocenters. The lowest BCUT2D eigenvalue weighted by Crippen LogP contribution is -2.39. The van der Waals surface area contributed by atoms with E-state index >= 15 is 0 Å². The van der Waals surface area contributed by atoms with Crippen LogP contribution in [0.25, 0.3) is 0 Å². The number of aliphatic imine (C=N–C) groups is 1. The van der Waals surface area contributed by atoms with Gasteiger partial charge in [0, 0.05) is 5.56 Å².